The van der Waals surface area contributed by atoms with Gasteiger partial charge in [0, 0.05) is 17.8 Å². The van der Waals surface area contributed by atoms with Gasteiger partial charge in [0.15, 0.2) is 11.6 Å². The first kappa shape index (κ1) is 14.2. The molecule has 1 atom stereocenters. The van der Waals surface area contributed by atoms with Crippen LogP contribution in [0.5, 0.6) is 11.5 Å². The van der Waals surface area contributed by atoms with E-state index >= 15 is 0 Å². The maximum atomic E-state index is 13.4. The summed E-state index contributed by atoms with van der Waals surface area (Å²) in [5.74, 6) is 0.686. The summed E-state index contributed by atoms with van der Waals surface area (Å²) in [6.07, 6.45) is 0. The average Bonchev–Trinajstić information content (AvgIpc) is 2.47. The minimum absolute atomic E-state index is 0.0246. The van der Waals surface area contributed by atoms with Crippen molar-refractivity contribution < 1.29 is 13.9 Å². The van der Waals surface area contributed by atoms with Gasteiger partial charge in [-0.1, -0.05) is 12.1 Å². The second-order valence-corrected chi connectivity index (χ2v) is 4.49. The van der Waals surface area contributed by atoms with E-state index < -0.39 is 0 Å². The van der Waals surface area contributed by atoms with Gasteiger partial charge in [0.1, 0.15) is 5.75 Å². The topological polar surface area (TPSA) is 30.5 Å². The smallest absolute Gasteiger partial charge is 0.165 e. The van der Waals surface area contributed by atoms with E-state index in [1.807, 2.05) is 31.2 Å². The number of hydrogen-bond donors (Lipinski definition) is 1. The number of hydrogen-bond acceptors (Lipinski definition) is 3. The second kappa shape index (κ2) is 6.28. The average molecular weight is 275 g/mol. The van der Waals surface area contributed by atoms with Crippen molar-refractivity contribution in [3.63, 3.8) is 0 Å². The Hall–Kier alpha value is -2.23. The summed E-state index contributed by atoms with van der Waals surface area (Å²) >= 11 is 0. The maximum absolute atomic E-state index is 13.4. The molecule has 2 aromatic carbocycles. The lowest BCUT2D eigenvalue weighted by atomic mass is 10.1. The van der Waals surface area contributed by atoms with Crippen molar-refractivity contribution in [2.45, 2.75) is 13.0 Å². The number of methoxy groups -OCH3 is 2. The first-order valence-corrected chi connectivity index (χ1v) is 6.38. The molecule has 0 saturated heterocycles. The molecule has 0 spiro atoms. The van der Waals surface area contributed by atoms with Gasteiger partial charge < -0.3 is 14.8 Å². The number of nitrogens with one attached hydrogen (secondary N) is 1. The lowest BCUT2D eigenvalue weighted by Crippen LogP contribution is -2.07. The fourth-order valence-corrected chi connectivity index (χ4v) is 1.99. The van der Waals surface area contributed by atoms with Crippen LogP contribution in [0.4, 0.5) is 10.1 Å². The molecule has 0 saturated carbocycles. The molecule has 0 fully saturated rings. The Kier molecular flexibility index (Phi) is 4.45. The maximum Gasteiger partial charge on any atom is 0.165 e. The lowest BCUT2D eigenvalue weighted by molar-refractivity contribution is 0.385. The zero-order chi connectivity index (χ0) is 14.5. The quantitative estimate of drug-likeness (QED) is 0.894. The van der Waals surface area contributed by atoms with Crippen LogP contribution < -0.4 is 14.8 Å². The van der Waals surface area contributed by atoms with E-state index in [0.29, 0.717) is 0 Å². The van der Waals surface area contributed by atoms with Crippen LogP contribution in [-0.2, 0) is 0 Å². The van der Waals surface area contributed by atoms with Crippen LogP contribution in [0.1, 0.15) is 18.5 Å². The number of anilines is 1. The standard InChI is InChI=1S/C16H18FNO2/c1-11(12-7-8-15(17)16(9-12)20-3)18-13-5-4-6-14(10-13)19-2/h4-11,18H,1-3H3. The van der Waals surface area contributed by atoms with E-state index in [-0.39, 0.29) is 17.6 Å². The van der Waals surface area contributed by atoms with Crippen LogP contribution in [0, 0.1) is 5.82 Å². The molecule has 2 aromatic rings. The predicted octanol–water partition coefficient (Wildman–Crippen LogP) is 4.02. The van der Waals surface area contributed by atoms with E-state index in [9.17, 15) is 4.39 Å². The number of rotatable bonds is 5. The molecule has 1 N–H and O–H groups in total. The Morgan fingerprint density at radius 2 is 1.85 bits per heavy atom. The van der Waals surface area contributed by atoms with E-state index in [0.717, 1.165) is 17.0 Å². The number of benzene rings is 2. The minimum Gasteiger partial charge on any atom is -0.497 e. The summed E-state index contributed by atoms with van der Waals surface area (Å²) < 4.78 is 23.6. The zero-order valence-electron chi connectivity index (χ0n) is 11.8. The van der Waals surface area contributed by atoms with Gasteiger partial charge in [0.25, 0.3) is 0 Å². The van der Waals surface area contributed by atoms with Crippen molar-refractivity contribution in [2.75, 3.05) is 19.5 Å². The second-order valence-electron chi connectivity index (χ2n) is 4.49. The minimum atomic E-state index is -0.357. The van der Waals surface area contributed by atoms with Gasteiger partial charge in [-0.05, 0) is 36.8 Å². The predicted molar refractivity (Wildman–Crippen MR) is 78.0 cm³/mol. The summed E-state index contributed by atoms with van der Waals surface area (Å²) in [6.45, 7) is 2.01. The molecule has 20 heavy (non-hydrogen) atoms. The molecule has 0 aliphatic carbocycles. The summed E-state index contributed by atoms with van der Waals surface area (Å²) in [7, 11) is 3.09. The summed E-state index contributed by atoms with van der Waals surface area (Å²) in [4.78, 5) is 0. The van der Waals surface area contributed by atoms with E-state index in [1.54, 1.807) is 19.2 Å². The molecule has 0 amide bonds. The van der Waals surface area contributed by atoms with Gasteiger partial charge in [-0.25, -0.2) is 4.39 Å². The Labute approximate surface area is 118 Å². The third-order valence-corrected chi connectivity index (χ3v) is 3.13. The molecule has 0 radical (unpaired) electrons. The van der Waals surface area contributed by atoms with Crippen LogP contribution in [-0.4, -0.2) is 14.2 Å². The fraction of sp³-hybridized carbons (Fsp3) is 0.250. The third kappa shape index (κ3) is 3.20. The highest BCUT2D eigenvalue weighted by molar-refractivity contribution is 5.50. The number of ether oxygens (including phenoxy) is 2. The SMILES string of the molecule is COc1cccc(NC(C)c2ccc(F)c(OC)c2)c1. The Bertz CT molecular complexity index is 586. The normalized spacial score (nSPS) is 11.8. The molecule has 0 aromatic heterocycles. The first-order chi connectivity index (χ1) is 9.63. The molecule has 0 heterocycles. The molecule has 0 bridgehead atoms. The molecule has 0 aliphatic heterocycles. The molecular formula is C16H18FNO2. The van der Waals surface area contributed by atoms with E-state index in [4.69, 9.17) is 9.47 Å². The summed E-state index contributed by atoms with van der Waals surface area (Å²) in [5, 5.41) is 3.35. The first-order valence-electron chi connectivity index (χ1n) is 6.38. The van der Waals surface area contributed by atoms with Crippen molar-refractivity contribution in [3.05, 3.63) is 53.8 Å². The monoisotopic (exact) mass is 275 g/mol. The van der Waals surface area contributed by atoms with Gasteiger partial charge in [0.05, 0.1) is 14.2 Å². The molecule has 0 aliphatic rings. The van der Waals surface area contributed by atoms with Crippen molar-refractivity contribution in [3.8, 4) is 11.5 Å². The molecule has 1 unspecified atom stereocenters. The highest BCUT2D eigenvalue weighted by Crippen LogP contribution is 2.26. The van der Waals surface area contributed by atoms with Gasteiger partial charge >= 0.3 is 0 Å². The van der Waals surface area contributed by atoms with Crippen LogP contribution in [0.25, 0.3) is 0 Å². The van der Waals surface area contributed by atoms with Gasteiger partial charge in [0.2, 0.25) is 0 Å². The zero-order valence-corrected chi connectivity index (χ0v) is 11.8. The molecule has 3 nitrogen and oxygen atoms in total. The van der Waals surface area contributed by atoms with Gasteiger partial charge in [-0.2, -0.15) is 0 Å². The lowest BCUT2D eigenvalue weighted by Gasteiger charge is -2.17. The van der Waals surface area contributed by atoms with Crippen molar-refractivity contribution in [2.24, 2.45) is 0 Å². The Morgan fingerprint density at radius 3 is 2.55 bits per heavy atom. The van der Waals surface area contributed by atoms with Gasteiger partial charge in [-0.15, -0.1) is 0 Å². The fourth-order valence-electron chi connectivity index (χ4n) is 1.99. The Balaban J connectivity index is 2.16. The van der Waals surface area contributed by atoms with E-state index in [2.05, 4.69) is 5.32 Å². The van der Waals surface area contributed by atoms with Crippen molar-refractivity contribution >= 4 is 5.69 Å². The molecule has 4 heteroatoms. The van der Waals surface area contributed by atoms with Crippen molar-refractivity contribution in [1.82, 2.24) is 0 Å². The number of halogens is 1. The molecular weight excluding hydrogens is 257 g/mol. The van der Waals surface area contributed by atoms with Crippen LogP contribution in [0.2, 0.25) is 0 Å². The van der Waals surface area contributed by atoms with Gasteiger partial charge in [-0.3, -0.25) is 0 Å². The summed E-state index contributed by atoms with van der Waals surface area (Å²) in [6, 6.07) is 12.6. The van der Waals surface area contributed by atoms with Crippen LogP contribution >= 0.6 is 0 Å². The third-order valence-electron chi connectivity index (χ3n) is 3.13. The largest absolute Gasteiger partial charge is 0.497 e. The highest BCUT2D eigenvalue weighted by atomic mass is 19.1. The van der Waals surface area contributed by atoms with E-state index in [1.165, 1.54) is 13.2 Å². The molecule has 106 valence electrons. The summed E-state index contributed by atoms with van der Waals surface area (Å²) in [5.41, 5.74) is 1.89. The Morgan fingerprint density at radius 1 is 1.05 bits per heavy atom. The van der Waals surface area contributed by atoms with Crippen molar-refractivity contribution in [1.29, 1.82) is 0 Å². The highest BCUT2D eigenvalue weighted by Gasteiger charge is 2.10. The van der Waals surface area contributed by atoms with Crippen LogP contribution in [0.3, 0.4) is 0 Å². The molecule has 2 rings (SSSR count). The van der Waals surface area contributed by atoms with Crippen LogP contribution in [0.15, 0.2) is 42.5 Å².